The van der Waals surface area contributed by atoms with Crippen molar-refractivity contribution in [3.8, 4) is 0 Å². The van der Waals surface area contributed by atoms with Gasteiger partial charge < -0.3 is 11.1 Å². The molecule has 0 spiro atoms. The highest BCUT2D eigenvalue weighted by atomic mass is 35.5. The van der Waals surface area contributed by atoms with Crippen LogP contribution in [0.5, 0.6) is 0 Å². The topological polar surface area (TPSA) is 58.4 Å². The number of hydrogen-bond acceptors (Lipinski definition) is 2. The van der Waals surface area contributed by atoms with E-state index in [1.807, 2.05) is 0 Å². The lowest BCUT2D eigenvalue weighted by Gasteiger charge is -2.11. The molecule has 0 atom stereocenters. The zero-order chi connectivity index (χ0) is 6.69. The first kappa shape index (κ1) is 8.84. The van der Waals surface area contributed by atoms with Gasteiger partial charge in [-0.2, -0.15) is 0 Å². The lowest BCUT2D eigenvalue weighted by Crippen LogP contribution is -2.28. The summed E-state index contributed by atoms with van der Waals surface area (Å²) in [5.41, 5.74) is 4.92. The molecule has 1 heterocycles. The van der Waals surface area contributed by atoms with Gasteiger partial charge in [0.2, 0.25) is 0 Å². The maximum atomic E-state index is 10.4. The summed E-state index contributed by atoms with van der Waals surface area (Å²) in [6, 6.07) is -0.482. The fourth-order valence-corrected chi connectivity index (χ4v) is 0.499. The highest BCUT2D eigenvalue weighted by molar-refractivity contribution is 5.85. The van der Waals surface area contributed by atoms with Crippen LogP contribution >= 0.6 is 12.4 Å². The molecular formula is C5H8ClN3O. The summed E-state index contributed by atoms with van der Waals surface area (Å²) in [4.78, 5) is 11.6. The van der Waals surface area contributed by atoms with Gasteiger partial charge in [0, 0.05) is 24.8 Å². The number of amides is 2. The van der Waals surface area contributed by atoms with Gasteiger partial charge in [-0.25, -0.2) is 4.79 Å². The average Bonchev–Trinajstić information content (AvgIpc) is 1.90. The molecule has 0 saturated heterocycles. The second-order valence-electron chi connectivity index (χ2n) is 1.54. The molecule has 1 rings (SSSR count). The second kappa shape index (κ2) is 3.79. The number of nitrogens with zero attached hydrogens (tertiary/aromatic N) is 1. The normalized spacial score (nSPS) is 13.8. The van der Waals surface area contributed by atoms with Gasteiger partial charge in [-0.15, -0.1) is 12.4 Å². The lowest BCUT2D eigenvalue weighted by atomic mass is 10.6. The molecule has 1 aliphatic rings. The van der Waals surface area contributed by atoms with E-state index in [0.717, 1.165) is 0 Å². The molecule has 0 aliphatic carbocycles. The Hall–Kier alpha value is -1.16. The van der Waals surface area contributed by atoms with E-state index < -0.39 is 6.03 Å². The molecule has 1 aliphatic heterocycles. The van der Waals surface area contributed by atoms with Gasteiger partial charge in [0.05, 0.1) is 0 Å². The van der Waals surface area contributed by atoms with Gasteiger partial charge in [-0.1, -0.05) is 0 Å². The Bertz CT molecular complexity index is 166. The largest absolute Gasteiger partial charge is 0.365 e. The number of primary amides is 1. The molecule has 3 N–H and O–H groups in total. The Morgan fingerprint density at radius 2 is 1.90 bits per heavy atom. The van der Waals surface area contributed by atoms with Crippen molar-refractivity contribution < 1.29 is 4.79 Å². The number of carbonyl (C=O) groups is 1. The molecule has 5 heteroatoms. The van der Waals surface area contributed by atoms with Gasteiger partial charge >= 0.3 is 6.03 Å². The van der Waals surface area contributed by atoms with Crippen molar-refractivity contribution >= 4 is 18.4 Å². The third-order valence-electron chi connectivity index (χ3n) is 0.917. The molecule has 2 amide bonds. The third-order valence-corrected chi connectivity index (χ3v) is 0.917. The summed E-state index contributed by atoms with van der Waals surface area (Å²) in [5.74, 6) is 0. The summed E-state index contributed by atoms with van der Waals surface area (Å²) < 4.78 is 0. The summed E-state index contributed by atoms with van der Waals surface area (Å²) in [7, 11) is 0. The van der Waals surface area contributed by atoms with E-state index in [-0.39, 0.29) is 12.4 Å². The molecule has 0 aromatic carbocycles. The first-order valence-corrected chi connectivity index (χ1v) is 2.48. The molecule has 0 radical (unpaired) electrons. The van der Waals surface area contributed by atoms with Crippen molar-refractivity contribution in [2.45, 2.75) is 0 Å². The SMILES string of the molecule is Cl.NC(=O)N1C=CNC=C1. The Kier molecular flexibility index (Phi) is 3.35. The number of halogens is 1. The van der Waals surface area contributed by atoms with Crippen LogP contribution in [0.4, 0.5) is 4.79 Å². The zero-order valence-electron chi connectivity index (χ0n) is 5.15. The number of carbonyl (C=O) groups excluding carboxylic acids is 1. The molecule has 0 aromatic rings. The Morgan fingerprint density at radius 1 is 1.40 bits per heavy atom. The maximum absolute atomic E-state index is 10.4. The van der Waals surface area contributed by atoms with Crippen LogP contribution in [0.1, 0.15) is 0 Å². The first-order valence-electron chi connectivity index (χ1n) is 2.48. The number of nitrogens with two attached hydrogens (primary N) is 1. The van der Waals surface area contributed by atoms with E-state index in [1.54, 1.807) is 24.8 Å². The molecular weight excluding hydrogens is 154 g/mol. The first-order chi connectivity index (χ1) is 4.30. The third kappa shape index (κ3) is 1.99. The predicted octanol–water partition coefficient (Wildman–Crippen LogP) is 0.335. The quantitative estimate of drug-likeness (QED) is 0.538. The van der Waals surface area contributed by atoms with Gasteiger partial charge in [-0.3, -0.25) is 4.90 Å². The Balaban J connectivity index is 0.000000810. The van der Waals surface area contributed by atoms with Crippen molar-refractivity contribution in [1.82, 2.24) is 10.2 Å². The van der Waals surface area contributed by atoms with Crippen LogP contribution in [0.2, 0.25) is 0 Å². The highest BCUT2D eigenvalue weighted by Crippen LogP contribution is 1.93. The van der Waals surface area contributed by atoms with E-state index in [9.17, 15) is 4.79 Å². The van der Waals surface area contributed by atoms with Crippen LogP contribution in [0.15, 0.2) is 24.8 Å². The fourth-order valence-electron chi connectivity index (χ4n) is 0.499. The number of nitrogens with one attached hydrogen (secondary N) is 1. The van der Waals surface area contributed by atoms with Crippen molar-refractivity contribution in [1.29, 1.82) is 0 Å². The molecule has 0 unspecified atom stereocenters. The number of rotatable bonds is 0. The second-order valence-corrected chi connectivity index (χ2v) is 1.54. The summed E-state index contributed by atoms with van der Waals surface area (Å²) in [5, 5.41) is 2.76. The molecule has 56 valence electrons. The van der Waals surface area contributed by atoms with Crippen LogP contribution in [0.3, 0.4) is 0 Å². The molecule has 0 bridgehead atoms. The zero-order valence-corrected chi connectivity index (χ0v) is 5.97. The minimum Gasteiger partial charge on any atom is -0.365 e. The smallest absolute Gasteiger partial charge is 0.322 e. The van der Waals surface area contributed by atoms with Crippen molar-refractivity contribution in [3.63, 3.8) is 0 Å². The van der Waals surface area contributed by atoms with Crippen molar-refractivity contribution in [2.24, 2.45) is 5.73 Å². The van der Waals surface area contributed by atoms with Crippen LogP contribution in [-0.2, 0) is 0 Å². The fraction of sp³-hybridized carbons (Fsp3) is 0. The maximum Gasteiger partial charge on any atom is 0.322 e. The monoisotopic (exact) mass is 161 g/mol. The summed E-state index contributed by atoms with van der Waals surface area (Å²) in [6.45, 7) is 0. The standard InChI is InChI=1S/C5H7N3O.ClH/c6-5(9)8-3-1-7-2-4-8;/h1-4,7H,(H2,6,9);1H. The van der Waals surface area contributed by atoms with Gasteiger partial charge in [0.15, 0.2) is 0 Å². The molecule has 10 heavy (non-hydrogen) atoms. The Labute approximate surface area is 64.8 Å². The van der Waals surface area contributed by atoms with Crippen LogP contribution in [0, 0.1) is 0 Å². The number of hydrogen-bond donors (Lipinski definition) is 2. The van der Waals surface area contributed by atoms with Crippen molar-refractivity contribution in [3.05, 3.63) is 24.8 Å². The van der Waals surface area contributed by atoms with E-state index >= 15 is 0 Å². The van der Waals surface area contributed by atoms with Crippen LogP contribution in [0.25, 0.3) is 0 Å². The Morgan fingerprint density at radius 3 is 2.20 bits per heavy atom. The van der Waals surface area contributed by atoms with E-state index in [4.69, 9.17) is 5.73 Å². The van der Waals surface area contributed by atoms with Crippen molar-refractivity contribution in [2.75, 3.05) is 0 Å². The van der Waals surface area contributed by atoms with Crippen LogP contribution in [-0.4, -0.2) is 10.9 Å². The minimum absolute atomic E-state index is 0. The highest BCUT2D eigenvalue weighted by Gasteiger charge is 2.01. The summed E-state index contributed by atoms with van der Waals surface area (Å²) in [6.07, 6.45) is 6.32. The summed E-state index contributed by atoms with van der Waals surface area (Å²) >= 11 is 0. The van der Waals surface area contributed by atoms with Gasteiger partial charge in [0.25, 0.3) is 0 Å². The number of urea groups is 1. The van der Waals surface area contributed by atoms with Gasteiger partial charge in [-0.05, 0) is 0 Å². The average molecular weight is 162 g/mol. The van der Waals surface area contributed by atoms with Gasteiger partial charge in [0.1, 0.15) is 0 Å². The van der Waals surface area contributed by atoms with E-state index in [1.165, 1.54) is 4.90 Å². The molecule has 0 fully saturated rings. The predicted molar refractivity (Wildman–Crippen MR) is 40.1 cm³/mol. The van der Waals surface area contributed by atoms with E-state index in [2.05, 4.69) is 5.32 Å². The molecule has 0 saturated carbocycles. The molecule has 0 aromatic heterocycles. The van der Waals surface area contributed by atoms with E-state index in [0.29, 0.717) is 0 Å². The molecule has 4 nitrogen and oxygen atoms in total. The lowest BCUT2D eigenvalue weighted by molar-refractivity contribution is 0.235. The van der Waals surface area contributed by atoms with Crippen LogP contribution < -0.4 is 11.1 Å². The minimum atomic E-state index is -0.482.